The molecule has 3 aromatic rings. The number of fused-ring (bicyclic) bond motifs is 2. The molecular weight excluding hydrogens is 258 g/mol. The average Bonchev–Trinajstić information content (AvgIpc) is 2.53. The molecule has 1 aliphatic heterocycles. The number of aromatic nitrogens is 2. The van der Waals surface area contributed by atoms with Crippen LogP contribution in [0.1, 0.15) is 22.6 Å². The third-order valence-corrected chi connectivity index (χ3v) is 4.31. The molecule has 104 valence electrons. The van der Waals surface area contributed by atoms with Gasteiger partial charge in [0.25, 0.3) is 0 Å². The summed E-state index contributed by atoms with van der Waals surface area (Å²) < 4.78 is 0. The quantitative estimate of drug-likeness (QED) is 0.683. The fourth-order valence-corrected chi connectivity index (χ4v) is 3.29. The summed E-state index contributed by atoms with van der Waals surface area (Å²) in [5.74, 6) is 0.428. The van der Waals surface area contributed by atoms with Gasteiger partial charge in [-0.15, -0.1) is 0 Å². The highest BCUT2D eigenvalue weighted by Crippen LogP contribution is 2.33. The van der Waals surface area contributed by atoms with Gasteiger partial charge < -0.3 is 4.90 Å². The lowest BCUT2D eigenvalue weighted by Crippen LogP contribution is -2.30. The summed E-state index contributed by atoms with van der Waals surface area (Å²) in [6.45, 7) is 2.09. The Kier molecular flexibility index (Phi) is 2.93. The Morgan fingerprint density at radius 1 is 1.10 bits per heavy atom. The van der Waals surface area contributed by atoms with Crippen LogP contribution in [0.25, 0.3) is 10.9 Å². The molecule has 2 heterocycles. The van der Waals surface area contributed by atoms with Crippen LogP contribution in [0.3, 0.4) is 0 Å². The second-order valence-electron chi connectivity index (χ2n) is 5.80. The highest BCUT2D eigenvalue weighted by Gasteiger charge is 2.24. The van der Waals surface area contributed by atoms with E-state index in [1.165, 1.54) is 16.7 Å². The molecule has 1 aliphatic rings. The zero-order valence-corrected chi connectivity index (χ0v) is 12.0. The minimum Gasteiger partial charge on any atom is -0.301 e. The summed E-state index contributed by atoms with van der Waals surface area (Å²) in [6.07, 6.45) is 1.76. The molecule has 4 rings (SSSR count). The van der Waals surface area contributed by atoms with Crippen molar-refractivity contribution in [2.75, 3.05) is 13.6 Å². The predicted molar refractivity (Wildman–Crippen MR) is 84.2 cm³/mol. The molecule has 3 nitrogen and oxygen atoms in total. The second kappa shape index (κ2) is 4.93. The summed E-state index contributed by atoms with van der Waals surface area (Å²) in [5, 5.41) is 9.27. The van der Waals surface area contributed by atoms with Gasteiger partial charge in [0.2, 0.25) is 0 Å². The van der Waals surface area contributed by atoms with Crippen LogP contribution in [0.4, 0.5) is 0 Å². The maximum Gasteiger partial charge on any atom is 0.0929 e. The molecule has 21 heavy (non-hydrogen) atoms. The third kappa shape index (κ3) is 2.20. The van der Waals surface area contributed by atoms with Crippen LogP contribution in [0.5, 0.6) is 0 Å². The number of hydrogen-bond acceptors (Lipinski definition) is 3. The van der Waals surface area contributed by atoms with E-state index in [0.29, 0.717) is 5.92 Å². The van der Waals surface area contributed by atoms with Crippen molar-refractivity contribution in [3.63, 3.8) is 0 Å². The van der Waals surface area contributed by atoms with Gasteiger partial charge in [0.15, 0.2) is 0 Å². The minimum absolute atomic E-state index is 0.428. The van der Waals surface area contributed by atoms with Crippen LogP contribution in [-0.2, 0) is 6.54 Å². The summed E-state index contributed by atoms with van der Waals surface area (Å²) in [7, 11) is 2.19. The standard InChI is InChI=1S/C18H17N3/c1-21-11-15-4-2-3-5-16(15)17(12-21)13-6-7-18-14(10-13)8-9-19-20-18/h2-10,17H,11-12H2,1H3/t17-/m1/s1. The third-order valence-electron chi connectivity index (χ3n) is 4.31. The van der Waals surface area contributed by atoms with Crippen molar-refractivity contribution >= 4 is 10.9 Å². The molecule has 3 heteroatoms. The Hall–Kier alpha value is -2.26. The first-order valence-corrected chi connectivity index (χ1v) is 7.29. The van der Waals surface area contributed by atoms with Gasteiger partial charge in [-0.25, -0.2) is 0 Å². The van der Waals surface area contributed by atoms with E-state index in [4.69, 9.17) is 0 Å². The van der Waals surface area contributed by atoms with Crippen molar-refractivity contribution in [1.29, 1.82) is 0 Å². The van der Waals surface area contributed by atoms with Crippen LogP contribution >= 0.6 is 0 Å². The van der Waals surface area contributed by atoms with Gasteiger partial charge in [-0.05, 0) is 41.9 Å². The van der Waals surface area contributed by atoms with Crippen molar-refractivity contribution in [3.8, 4) is 0 Å². The molecule has 0 saturated carbocycles. The van der Waals surface area contributed by atoms with Crippen molar-refractivity contribution in [2.45, 2.75) is 12.5 Å². The lowest BCUT2D eigenvalue weighted by molar-refractivity contribution is 0.295. The predicted octanol–water partition coefficient (Wildman–Crippen LogP) is 3.21. The van der Waals surface area contributed by atoms with Crippen LogP contribution in [0.15, 0.2) is 54.7 Å². The van der Waals surface area contributed by atoms with Crippen LogP contribution in [0, 0.1) is 0 Å². The van der Waals surface area contributed by atoms with Crippen molar-refractivity contribution < 1.29 is 0 Å². The van der Waals surface area contributed by atoms with E-state index < -0.39 is 0 Å². The van der Waals surface area contributed by atoms with E-state index in [-0.39, 0.29) is 0 Å². The first-order valence-electron chi connectivity index (χ1n) is 7.29. The van der Waals surface area contributed by atoms with Crippen molar-refractivity contribution in [3.05, 3.63) is 71.4 Å². The first kappa shape index (κ1) is 12.5. The minimum atomic E-state index is 0.428. The Labute approximate surface area is 124 Å². The van der Waals surface area contributed by atoms with Gasteiger partial charge >= 0.3 is 0 Å². The fraction of sp³-hybridized carbons (Fsp3) is 0.222. The van der Waals surface area contributed by atoms with Crippen LogP contribution in [-0.4, -0.2) is 28.7 Å². The van der Waals surface area contributed by atoms with Gasteiger partial charge in [-0.2, -0.15) is 10.2 Å². The summed E-state index contributed by atoms with van der Waals surface area (Å²) in [6, 6.07) is 17.3. The number of rotatable bonds is 1. The molecule has 0 bridgehead atoms. The van der Waals surface area contributed by atoms with Gasteiger partial charge in [0.1, 0.15) is 0 Å². The molecule has 0 saturated heterocycles. The van der Waals surface area contributed by atoms with Crippen molar-refractivity contribution in [2.24, 2.45) is 0 Å². The molecule has 0 spiro atoms. The fourth-order valence-electron chi connectivity index (χ4n) is 3.29. The van der Waals surface area contributed by atoms with E-state index in [0.717, 1.165) is 24.0 Å². The summed E-state index contributed by atoms with van der Waals surface area (Å²) in [4.78, 5) is 2.39. The summed E-state index contributed by atoms with van der Waals surface area (Å²) >= 11 is 0. The Morgan fingerprint density at radius 3 is 2.95 bits per heavy atom. The smallest absolute Gasteiger partial charge is 0.0929 e. The molecule has 1 atom stereocenters. The Morgan fingerprint density at radius 2 is 2.00 bits per heavy atom. The number of hydrogen-bond donors (Lipinski definition) is 0. The Bertz CT molecular complexity index is 797. The molecule has 0 radical (unpaired) electrons. The lowest BCUT2D eigenvalue weighted by Gasteiger charge is -2.32. The number of nitrogens with zero attached hydrogens (tertiary/aromatic N) is 3. The van der Waals surface area contributed by atoms with Crippen LogP contribution in [0.2, 0.25) is 0 Å². The average molecular weight is 275 g/mol. The van der Waals surface area contributed by atoms with E-state index in [9.17, 15) is 0 Å². The largest absolute Gasteiger partial charge is 0.301 e. The van der Waals surface area contributed by atoms with E-state index in [1.807, 2.05) is 6.07 Å². The molecule has 0 fully saturated rings. The van der Waals surface area contributed by atoms with Gasteiger partial charge in [-0.1, -0.05) is 30.3 Å². The first-order chi connectivity index (χ1) is 10.3. The second-order valence-corrected chi connectivity index (χ2v) is 5.80. The van der Waals surface area contributed by atoms with E-state index >= 15 is 0 Å². The monoisotopic (exact) mass is 275 g/mol. The molecule has 0 unspecified atom stereocenters. The molecule has 0 N–H and O–H groups in total. The molecule has 0 amide bonds. The molecule has 0 aliphatic carbocycles. The van der Waals surface area contributed by atoms with Crippen LogP contribution < -0.4 is 0 Å². The topological polar surface area (TPSA) is 29.0 Å². The zero-order valence-electron chi connectivity index (χ0n) is 12.0. The SMILES string of the molecule is CN1Cc2ccccc2[C@@H](c2ccc3nnccc3c2)C1. The number of benzene rings is 2. The maximum atomic E-state index is 4.17. The number of likely N-dealkylation sites (N-methyl/N-ethyl adjacent to an activating group) is 1. The van der Waals surface area contributed by atoms with Crippen molar-refractivity contribution in [1.82, 2.24) is 15.1 Å². The normalized spacial score (nSPS) is 18.6. The Balaban J connectivity index is 1.84. The van der Waals surface area contributed by atoms with Gasteiger partial charge in [0.05, 0.1) is 11.7 Å². The highest BCUT2D eigenvalue weighted by molar-refractivity contribution is 5.78. The highest BCUT2D eigenvalue weighted by atomic mass is 15.1. The lowest BCUT2D eigenvalue weighted by atomic mass is 9.84. The molecule has 1 aromatic heterocycles. The maximum absolute atomic E-state index is 4.17. The van der Waals surface area contributed by atoms with Gasteiger partial charge in [0, 0.05) is 24.4 Å². The van der Waals surface area contributed by atoms with Gasteiger partial charge in [-0.3, -0.25) is 0 Å². The van der Waals surface area contributed by atoms with E-state index in [2.05, 4.69) is 64.6 Å². The van der Waals surface area contributed by atoms with E-state index in [1.54, 1.807) is 6.20 Å². The molecule has 2 aromatic carbocycles. The molecular formula is C18H17N3. The zero-order chi connectivity index (χ0) is 14.2. The summed E-state index contributed by atoms with van der Waals surface area (Å²) in [5.41, 5.74) is 5.20.